The summed E-state index contributed by atoms with van der Waals surface area (Å²) >= 11 is 0. The second-order valence-corrected chi connectivity index (χ2v) is 4.33. The highest BCUT2D eigenvalue weighted by Gasteiger charge is 2.15. The van der Waals surface area contributed by atoms with Crippen molar-refractivity contribution in [2.45, 2.75) is 39.2 Å². The average molecular weight is 250 g/mol. The van der Waals surface area contributed by atoms with E-state index in [-0.39, 0.29) is 12.1 Å². The van der Waals surface area contributed by atoms with E-state index in [0.717, 1.165) is 24.8 Å². The Balaban J connectivity index is 2.67. The third-order valence-corrected chi connectivity index (χ3v) is 2.81. The van der Waals surface area contributed by atoms with Gasteiger partial charge in [-0.15, -0.1) is 0 Å². The van der Waals surface area contributed by atoms with Crippen molar-refractivity contribution in [1.82, 2.24) is 0 Å². The van der Waals surface area contributed by atoms with E-state index in [4.69, 9.17) is 9.47 Å². The summed E-state index contributed by atoms with van der Waals surface area (Å²) in [6.45, 7) is 4.58. The molecule has 1 rings (SSSR count). The van der Waals surface area contributed by atoms with Crippen LogP contribution in [0.15, 0.2) is 24.3 Å². The van der Waals surface area contributed by atoms with Crippen molar-refractivity contribution >= 4 is 5.97 Å². The second-order valence-electron chi connectivity index (χ2n) is 4.33. The Hall–Kier alpha value is -1.35. The van der Waals surface area contributed by atoms with Gasteiger partial charge in [-0.2, -0.15) is 0 Å². The van der Waals surface area contributed by atoms with Crippen molar-refractivity contribution in [1.29, 1.82) is 0 Å². The first kappa shape index (κ1) is 14.7. The highest BCUT2D eigenvalue weighted by molar-refractivity contribution is 5.89. The van der Waals surface area contributed by atoms with Crippen molar-refractivity contribution in [3.63, 3.8) is 0 Å². The molecule has 0 heterocycles. The van der Waals surface area contributed by atoms with Gasteiger partial charge in [0.25, 0.3) is 0 Å². The van der Waals surface area contributed by atoms with E-state index >= 15 is 0 Å². The molecule has 0 fully saturated rings. The Bertz CT molecular complexity index is 368. The molecule has 0 aliphatic rings. The molecule has 0 amide bonds. The monoisotopic (exact) mass is 250 g/mol. The van der Waals surface area contributed by atoms with Gasteiger partial charge in [0.15, 0.2) is 0 Å². The molecule has 3 heteroatoms. The molecular weight excluding hydrogens is 228 g/mol. The number of esters is 1. The fourth-order valence-corrected chi connectivity index (χ4v) is 1.82. The van der Waals surface area contributed by atoms with Gasteiger partial charge < -0.3 is 9.47 Å². The van der Waals surface area contributed by atoms with Crippen molar-refractivity contribution in [3.05, 3.63) is 35.4 Å². The minimum Gasteiger partial charge on any atom is -0.456 e. The van der Waals surface area contributed by atoms with Crippen LogP contribution in [-0.4, -0.2) is 25.8 Å². The molecule has 1 unspecified atom stereocenters. The lowest BCUT2D eigenvalue weighted by molar-refractivity contribution is 0.00297. The SMILES string of the molecule is CCCC(COC)OC(=O)c1cccc(CC)c1. The molecule has 0 spiro atoms. The molecule has 0 aliphatic carbocycles. The smallest absolute Gasteiger partial charge is 0.338 e. The summed E-state index contributed by atoms with van der Waals surface area (Å²) in [6, 6.07) is 7.57. The number of carbonyl (C=O) groups excluding carboxylic acids is 1. The van der Waals surface area contributed by atoms with Crippen molar-refractivity contribution in [3.8, 4) is 0 Å². The van der Waals surface area contributed by atoms with Crippen molar-refractivity contribution in [2.24, 2.45) is 0 Å². The van der Waals surface area contributed by atoms with Crippen LogP contribution in [0, 0.1) is 0 Å². The van der Waals surface area contributed by atoms with Gasteiger partial charge in [0.05, 0.1) is 12.2 Å². The zero-order valence-corrected chi connectivity index (χ0v) is 11.4. The van der Waals surface area contributed by atoms with Gasteiger partial charge in [-0.1, -0.05) is 32.4 Å². The number of benzene rings is 1. The Morgan fingerprint density at radius 1 is 1.33 bits per heavy atom. The summed E-state index contributed by atoms with van der Waals surface area (Å²) in [7, 11) is 1.62. The Morgan fingerprint density at radius 3 is 2.72 bits per heavy atom. The lowest BCUT2D eigenvalue weighted by atomic mass is 10.1. The molecule has 0 radical (unpaired) electrons. The molecule has 3 nitrogen and oxygen atoms in total. The van der Waals surface area contributed by atoms with Crippen LogP contribution >= 0.6 is 0 Å². The molecule has 0 bridgehead atoms. The van der Waals surface area contributed by atoms with E-state index in [1.54, 1.807) is 13.2 Å². The fraction of sp³-hybridized carbons (Fsp3) is 0.533. The summed E-state index contributed by atoms with van der Waals surface area (Å²) in [6.07, 6.45) is 2.55. The Labute approximate surface area is 109 Å². The first-order valence-electron chi connectivity index (χ1n) is 6.50. The van der Waals surface area contributed by atoms with E-state index in [2.05, 4.69) is 13.8 Å². The molecular formula is C15H22O3. The minimum absolute atomic E-state index is 0.155. The largest absolute Gasteiger partial charge is 0.456 e. The molecule has 1 atom stereocenters. The van der Waals surface area contributed by atoms with Crippen LogP contribution in [0.25, 0.3) is 0 Å². The third-order valence-electron chi connectivity index (χ3n) is 2.81. The molecule has 100 valence electrons. The van der Waals surface area contributed by atoms with Crippen LogP contribution in [0.4, 0.5) is 0 Å². The zero-order valence-electron chi connectivity index (χ0n) is 11.4. The highest BCUT2D eigenvalue weighted by atomic mass is 16.6. The van der Waals surface area contributed by atoms with Crippen molar-refractivity contribution in [2.75, 3.05) is 13.7 Å². The van der Waals surface area contributed by atoms with Gasteiger partial charge in [0.2, 0.25) is 0 Å². The summed E-state index contributed by atoms with van der Waals surface area (Å²) < 4.78 is 10.5. The summed E-state index contributed by atoms with van der Waals surface area (Å²) in [5.41, 5.74) is 1.76. The summed E-state index contributed by atoms with van der Waals surface area (Å²) in [5.74, 6) is -0.263. The van der Waals surface area contributed by atoms with Crippen molar-refractivity contribution < 1.29 is 14.3 Å². The van der Waals surface area contributed by atoms with E-state index in [1.807, 2.05) is 18.2 Å². The molecule has 0 saturated carbocycles. The number of carbonyl (C=O) groups is 1. The topological polar surface area (TPSA) is 35.5 Å². The van der Waals surface area contributed by atoms with Gasteiger partial charge in [0.1, 0.15) is 6.10 Å². The van der Waals surface area contributed by atoms with Gasteiger partial charge in [0, 0.05) is 7.11 Å². The van der Waals surface area contributed by atoms with Gasteiger partial charge in [-0.3, -0.25) is 0 Å². The fourth-order valence-electron chi connectivity index (χ4n) is 1.82. The lowest BCUT2D eigenvalue weighted by Gasteiger charge is -2.16. The number of ether oxygens (including phenoxy) is 2. The van der Waals surface area contributed by atoms with E-state index < -0.39 is 0 Å². The minimum atomic E-state index is -0.263. The van der Waals surface area contributed by atoms with Gasteiger partial charge >= 0.3 is 5.97 Å². The summed E-state index contributed by atoms with van der Waals surface area (Å²) in [5, 5.41) is 0. The zero-order chi connectivity index (χ0) is 13.4. The van der Waals surface area contributed by atoms with E-state index in [1.165, 1.54) is 0 Å². The number of methoxy groups -OCH3 is 1. The van der Waals surface area contributed by atoms with Crippen LogP contribution in [0.3, 0.4) is 0 Å². The Kier molecular flexibility index (Phi) is 6.44. The molecule has 1 aromatic rings. The predicted octanol–water partition coefficient (Wildman–Crippen LogP) is 3.22. The molecule has 18 heavy (non-hydrogen) atoms. The predicted molar refractivity (Wildman–Crippen MR) is 71.8 cm³/mol. The molecule has 1 aromatic carbocycles. The number of aryl methyl sites for hydroxylation is 1. The van der Waals surface area contributed by atoms with Crippen LogP contribution in [0.1, 0.15) is 42.6 Å². The Morgan fingerprint density at radius 2 is 2.11 bits per heavy atom. The maximum atomic E-state index is 12.0. The maximum Gasteiger partial charge on any atom is 0.338 e. The molecule has 0 saturated heterocycles. The van der Waals surface area contributed by atoms with Gasteiger partial charge in [-0.25, -0.2) is 4.79 Å². The lowest BCUT2D eigenvalue weighted by Crippen LogP contribution is -2.23. The first-order chi connectivity index (χ1) is 8.71. The molecule has 0 aromatic heterocycles. The standard InChI is InChI=1S/C15H22O3/c1-4-7-14(11-17-3)18-15(16)13-9-6-8-12(5-2)10-13/h6,8-10,14H,4-5,7,11H2,1-3H3. The summed E-state index contributed by atoms with van der Waals surface area (Å²) in [4.78, 5) is 12.0. The van der Waals surface area contributed by atoms with Crippen LogP contribution < -0.4 is 0 Å². The van der Waals surface area contributed by atoms with Gasteiger partial charge in [-0.05, 0) is 30.5 Å². The normalized spacial score (nSPS) is 12.2. The van der Waals surface area contributed by atoms with Crippen LogP contribution in [-0.2, 0) is 15.9 Å². The average Bonchev–Trinajstić information content (AvgIpc) is 2.39. The second kappa shape index (κ2) is 7.88. The molecule has 0 N–H and O–H groups in total. The molecule has 0 aliphatic heterocycles. The highest BCUT2D eigenvalue weighted by Crippen LogP contribution is 2.11. The quantitative estimate of drug-likeness (QED) is 0.697. The number of rotatable bonds is 7. The van der Waals surface area contributed by atoms with E-state index in [9.17, 15) is 4.79 Å². The third kappa shape index (κ3) is 4.49. The number of hydrogen-bond donors (Lipinski definition) is 0. The van der Waals surface area contributed by atoms with Crippen LogP contribution in [0.2, 0.25) is 0 Å². The maximum absolute atomic E-state index is 12.0. The van der Waals surface area contributed by atoms with E-state index in [0.29, 0.717) is 12.2 Å². The first-order valence-corrected chi connectivity index (χ1v) is 6.50. The number of hydrogen-bond acceptors (Lipinski definition) is 3. The van der Waals surface area contributed by atoms with Crippen LogP contribution in [0.5, 0.6) is 0 Å².